The molecule has 0 unspecified atom stereocenters. The van der Waals surface area contributed by atoms with Gasteiger partial charge in [-0.3, -0.25) is 14.5 Å². The zero-order valence-corrected chi connectivity index (χ0v) is 14.7. The predicted octanol–water partition coefficient (Wildman–Crippen LogP) is 0.960. The number of rotatable bonds is 4. The SMILES string of the molecule is C[C@@H](N)C(=O)N1CCN(CC(=O)Nc2ccccc2)CC1.Cl.Cl. The van der Waals surface area contributed by atoms with Gasteiger partial charge >= 0.3 is 0 Å². The van der Waals surface area contributed by atoms with Gasteiger partial charge in [0.25, 0.3) is 0 Å². The lowest BCUT2D eigenvalue weighted by atomic mass is 10.2. The Hall–Kier alpha value is -1.34. The van der Waals surface area contributed by atoms with Crippen molar-refractivity contribution in [2.75, 3.05) is 38.0 Å². The van der Waals surface area contributed by atoms with Crippen LogP contribution in [0.25, 0.3) is 0 Å². The fourth-order valence-corrected chi connectivity index (χ4v) is 2.34. The summed E-state index contributed by atoms with van der Waals surface area (Å²) < 4.78 is 0. The number of nitrogens with two attached hydrogens (primary N) is 1. The normalized spacial score (nSPS) is 15.8. The van der Waals surface area contributed by atoms with Gasteiger partial charge in [-0.25, -0.2) is 0 Å². The summed E-state index contributed by atoms with van der Waals surface area (Å²) in [6, 6.07) is 8.93. The molecule has 2 amide bonds. The molecular weight excluding hydrogens is 339 g/mol. The van der Waals surface area contributed by atoms with Crippen molar-refractivity contribution in [2.45, 2.75) is 13.0 Å². The van der Waals surface area contributed by atoms with E-state index in [0.717, 1.165) is 5.69 Å². The number of para-hydroxylation sites is 1. The maximum atomic E-state index is 12.0. The van der Waals surface area contributed by atoms with Gasteiger partial charge in [0.2, 0.25) is 11.8 Å². The van der Waals surface area contributed by atoms with Crippen LogP contribution in [0, 0.1) is 0 Å². The Balaban J connectivity index is 0.00000242. The van der Waals surface area contributed by atoms with Crippen LogP contribution in [-0.2, 0) is 9.59 Å². The molecule has 1 saturated heterocycles. The summed E-state index contributed by atoms with van der Waals surface area (Å²) in [7, 11) is 0. The zero-order chi connectivity index (χ0) is 15.2. The van der Waals surface area contributed by atoms with Crippen molar-refractivity contribution in [1.29, 1.82) is 0 Å². The molecule has 130 valence electrons. The van der Waals surface area contributed by atoms with Crippen LogP contribution in [0.5, 0.6) is 0 Å². The molecule has 6 nitrogen and oxygen atoms in total. The molecule has 2 rings (SSSR count). The summed E-state index contributed by atoms with van der Waals surface area (Å²) in [4.78, 5) is 27.5. The number of piperazine rings is 1. The number of nitrogens with one attached hydrogen (secondary N) is 1. The average Bonchev–Trinajstić information content (AvgIpc) is 2.48. The minimum Gasteiger partial charge on any atom is -0.339 e. The lowest BCUT2D eigenvalue weighted by molar-refractivity contribution is -0.134. The Kier molecular flexibility index (Phi) is 9.83. The monoisotopic (exact) mass is 362 g/mol. The van der Waals surface area contributed by atoms with Gasteiger partial charge in [-0.2, -0.15) is 0 Å². The van der Waals surface area contributed by atoms with E-state index in [1.54, 1.807) is 11.8 Å². The molecule has 0 aliphatic carbocycles. The van der Waals surface area contributed by atoms with E-state index >= 15 is 0 Å². The molecule has 1 aliphatic rings. The maximum Gasteiger partial charge on any atom is 0.239 e. The molecule has 1 aliphatic heterocycles. The van der Waals surface area contributed by atoms with Gasteiger partial charge in [-0.1, -0.05) is 18.2 Å². The highest BCUT2D eigenvalue weighted by molar-refractivity contribution is 5.92. The summed E-state index contributed by atoms with van der Waals surface area (Å²) in [5.74, 6) is -0.0587. The van der Waals surface area contributed by atoms with E-state index in [-0.39, 0.29) is 36.6 Å². The quantitative estimate of drug-likeness (QED) is 0.835. The van der Waals surface area contributed by atoms with Crippen molar-refractivity contribution in [2.24, 2.45) is 5.73 Å². The van der Waals surface area contributed by atoms with Gasteiger partial charge in [0, 0.05) is 31.9 Å². The van der Waals surface area contributed by atoms with Crippen LogP contribution in [0.2, 0.25) is 0 Å². The predicted molar refractivity (Wildman–Crippen MR) is 96.2 cm³/mol. The van der Waals surface area contributed by atoms with Gasteiger partial charge in [0.1, 0.15) is 0 Å². The minimum absolute atomic E-state index is 0. The molecular formula is C15H24Cl2N4O2. The Morgan fingerprint density at radius 2 is 1.70 bits per heavy atom. The highest BCUT2D eigenvalue weighted by Crippen LogP contribution is 2.07. The van der Waals surface area contributed by atoms with E-state index < -0.39 is 6.04 Å². The average molecular weight is 363 g/mol. The molecule has 1 fully saturated rings. The second kappa shape index (κ2) is 10.4. The topological polar surface area (TPSA) is 78.7 Å². The van der Waals surface area contributed by atoms with E-state index in [1.807, 2.05) is 35.2 Å². The first-order valence-electron chi connectivity index (χ1n) is 7.18. The molecule has 0 saturated carbocycles. The van der Waals surface area contributed by atoms with Crippen molar-refractivity contribution in [3.63, 3.8) is 0 Å². The van der Waals surface area contributed by atoms with Crippen molar-refractivity contribution < 1.29 is 9.59 Å². The molecule has 0 spiro atoms. The third-order valence-corrected chi connectivity index (χ3v) is 3.50. The van der Waals surface area contributed by atoms with E-state index in [1.165, 1.54) is 0 Å². The Morgan fingerprint density at radius 1 is 1.13 bits per heavy atom. The second-order valence-electron chi connectivity index (χ2n) is 5.30. The van der Waals surface area contributed by atoms with Crippen molar-refractivity contribution in [1.82, 2.24) is 9.80 Å². The summed E-state index contributed by atoms with van der Waals surface area (Å²) in [6.07, 6.45) is 0. The summed E-state index contributed by atoms with van der Waals surface area (Å²) in [5, 5.41) is 2.86. The highest BCUT2D eigenvalue weighted by Gasteiger charge is 2.23. The van der Waals surface area contributed by atoms with Crippen LogP contribution in [0.4, 0.5) is 5.69 Å². The molecule has 8 heteroatoms. The van der Waals surface area contributed by atoms with Crippen LogP contribution in [-0.4, -0.2) is 60.4 Å². The number of amides is 2. The van der Waals surface area contributed by atoms with E-state index in [0.29, 0.717) is 32.7 Å². The summed E-state index contributed by atoms with van der Waals surface area (Å²) in [5.41, 5.74) is 6.40. The number of halogens is 2. The molecule has 0 radical (unpaired) electrons. The second-order valence-corrected chi connectivity index (χ2v) is 5.30. The number of hydrogen-bond acceptors (Lipinski definition) is 4. The first kappa shape index (κ1) is 21.7. The third-order valence-electron chi connectivity index (χ3n) is 3.50. The van der Waals surface area contributed by atoms with Gasteiger partial charge in [0.05, 0.1) is 12.6 Å². The fraction of sp³-hybridized carbons (Fsp3) is 0.467. The first-order chi connectivity index (χ1) is 10.1. The number of hydrogen-bond donors (Lipinski definition) is 2. The number of nitrogens with zero attached hydrogens (tertiary/aromatic N) is 2. The van der Waals surface area contributed by atoms with Crippen LogP contribution >= 0.6 is 24.8 Å². The third kappa shape index (κ3) is 6.74. The van der Waals surface area contributed by atoms with Crippen LogP contribution in [0.3, 0.4) is 0 Å². The van der Waals surface area contributed by atoms with Gasteiger partial charge < -0.3 is 16.0 Å². The zero-order valence-electron chi connectivity index (χ0n) is 13.1. The van der Waals surface area contributed by atoms with Crippen molar-refractivity contribution >= 4 is 42.3 Å². The number of carbonyl (C=O) groups excluding carboxylic acids is 2. The van der Waals surface area contributed by atoms with Gasteiger partial charge in [-0.05, 0) is 19.1 Å². The molecule has 3 N–H and O–H groups in total. The van der Waals surface area contributed by atoms with Crippen molar-refractivity contribution in [3.05, 3.63) is 30.3 Å². The molecule has 1 atom stereocenters. The Bertz CT molecular complexity index is 492. The van der Waals surface area contributed by atoms with Gasteiger partial charge in [-0.15, -0.1) is 24.8 Å². The molecule has 0 aromatic heterocycles. The Morgan fingerprint density at radius 3 is 2.22 bits per heavy atom. The summed E-state index contributed by atoms with van der Waals surface area (Å²) in [6.45, 7) is 4.68. The molecule has 0 bridgehead atoms. The largest absolute Gasteiger partial charge is 0.339 e. The number of benzene rings is 1. The smallest absolute Gasteiger partial charge is 0.239 e. The lowest BCUT2D eigenvalue weighted by Gasteiger charge is -2.35. The standard InChI is InChI=1S/C15H22N4O2.2ClH/c1-12(16)15(21)19-9-7-18(8-10-19)11-14(20)17-13-5-3-2-4-6-13;;/h2-6,12H,7-11,16H2,1H3,(H,17,20);2*1H/t12-;;/m1../s1. The van der Waals surface area contributed by atoms with Gasteiger partial charge in [0.15, 0.2) is 0 Å². The molecule has 1 heterocycles. The minimum atomic E-state index is -0.460. The molecule has 1 aromatic rings. The van der Waals surface area contributed by atoms with E-state index in [9.17, 15) is 9.59 Å². The van der Waals surface area contributed by atoms with Crippen LogP contribution in [0.1, 0.15) is 6.92 Å². The van der Waals surface area contributed by atoms with E-state index in [2.05, 4.69) is 5.32 Å². The number of carbonyl (C=O) groups is 2. The summed E-state index contributed by atoms with van der Waals surface area (Å²) >= 11 is 0. The fourth-order valence-electron chi connectivity index (χ4n) is 2.34. The maximum absolute atomic E-state index is 12.0. The van der Waals surface area contributed by atoms with Crippen LogP contribution in [0.15, 0.2) is 30.3 Å². The van der Waals surface area contributed by atoms with E-state index in [4.69, 9.17) is 5.73 Å². The molecule has 1 aromatic carbocycles. The van der Waals surface area contributed by atoms with Crippen LogP contribution < -0.4 is 11.1 Å². The number of anilines is 1. The Labute approximate surface area is 149 Å². The lowest BCUT2D eigenvalue weighted by Crippen LogP contribution is -2.53. The highest BCUT2D eigenvalue weighted by atomic mass is 35.5. The molecule has 23 heavy (non-hydrogen) atoms. The van der Waals surface area contributed by atoms with Crippen molar-refractivity contribution in [3.8, 4) is 0 Å². The first-order valence-corrected chi connectivity index (χ1v) is 7.18.